The van der Waals surface area contributed by atoms with Crippen molar-refractivity contribution < 1.29 is 9.59 Å². The minimum absolute atomic E-state index is 0.108. The topological polar surface area (TPSA) is 49.4 Å². The summed E-state index contributed by atoms with van der Waals surface area (Å²) in [6, 6.07) is 7.08. The molecule has 0 fully saturated rings. The fraction of sp³-hybridized carbons (Fsp3) is 0.200. The summed E-state index contributed by atoms with van der Waals surface area (Å²) >= 11 is 5.45. The molecule has 0 atom stereocenters. The average molecular weight is 225 g/mol. The van der Waals surface area contributed by atoms with Gasteiger partial charge >= 0.3 is 5.37 Å². The van der Waals surface area contributed by atoms with Crippen molar-refractivity contribution in [3.8, 4) is 0 Å². The van der Waals surface area contributed by atoms with E-state index in [2.05, 4.69) is 5.32 Å². The van der Waals surface area contributed by atoms with Crippen LogP contribution in [0.25, 0.3) is 0 Å². The smallest absolute Gasteiger partial charge is 0.320 e. The molecule has 0 saturated heterocycles. The molecule has 0 radical (unpaired) electrons. The van der Waals surface area contributed by atoms with Gasteiger partial charge in [0.05, 0.1) is 11.4 Å². The second-order valence-electron chi connectivity index (χ2n) is 3.22. The van der Waals surface area contributed by atoms with E-state index in [0.29, 0.717) is 17.9 Å². The minimum Gasteiger partial charge on any atom is -0.324 e. The number of nitrogens with zero attached hydrogens (tertiary/aromatic N) is 1. The Hall–Kier alpha value is -1.55. The molecule has 1 N–H and O–H groups in total. The highest BCUT2D eigenvalue weighted by Gasteiger charge is 2.21. The van der Waals surface area contributed by atoms with Crippen LogP contribution in [-0.4, -0.2) is 17.8 Å². The lowest BCUT2D eigenvalue weighted by molar-refractivity contribution is -0.115. The van der Waals surface area contributed by atoms with Crippen molar-refractivity contribution in [2.75, 3.05) is 16.8 Å². The zero-order valence-corrected chi connectivity index (χ0v) is 8.62. The van der Waals surface area contributed by atoms with Crippen molar-refractivity contribution in [3.63, 3.8) is 0 Å². The number of fused-ring (bicyclic) bond motifs is 1. The molecule has 1 aromatic rings. The van der Waals surface area contributed by atoms with Crippen molar-refractivity contribution in [2.45, 2.75) is 6.42 Å². The normalized spacial score (nSPS) is 15.3. The van der Waals surface area contributed by atoms with E-state index in [4.69, 9.17) is 11.6 Å². The standard InChI is InChI=1S/C10H9ClN2O2/c11-10(15)13-6-5-9(14)12-7-3-1-2-4-8(7)13/h1-4H,5-6H2,(H,12,14). The first-order chi connectivity index (χ1) is 7.18. The Morgan fingerprint density at radius 1 is 1.40 bits per heavy atom. The summed E-state index contributed by atoms with van der Waals surface area (Å²) in [5.41, 5.74) is 1.26. The lowest BCUT2D eigenvalue weighted by Gasteiger charge is -2.18. The van der Waals surface area contributed by atoms with E-state index in [-0.39, 0.29) is 12.3 Å². The molecule has 0 spiro atoms. The van der Waals surface area contributed by atoms with Gasteiger partial charge in [0.1, 0.15) is 0 Å². The quantitative estimate of drug-likeness (QED) is 0.543. The van der Waals surface area contributed by atoms with Crippen molar-refractivity contribution in [1.82, 2.24) is 0 Å². The maximum absolute atomic E-state index is 11.3. The molecule has 1 aliphatic rings. The Balaban J connectivity index is 2.46. The van der Waals surface area contributed by atoms with E-state index in [1.807, 2.05) is 0 Å². The number of amides is 2. The molecule has 5 heteroatoms. The van der Waals surface area contributed by atoms with Crippen LogP contribution in [0.3, 0.4) is 0 Å². The van der Waals surface area contributed by atoms with Crippen LogP contribution < -0.4 is 10.2 Å². The summed E-state index contributed by atoms with van der Waals surface area (Å²) in [5.74, 6) is -0.108. The van der Waals surface area contributed by atoms with Crippen LogP contribution in [0.2, 0.25) is 0 Å². The summed E-state index contributed by atoms with van der Waals surface area (Å²) in [6.45, 7) is 0.311. The van der Waals surface area contributed by atoms with Crippen molar-refractivity contribution >= 4 is 34.2 Å². The minimum atomic E-state index is -0.570. The van der Waals surface area contributed by atoms with E-state index in [0.717, 1.165) is 0 Å². The molecule has 4 nitrogen and oxygen atoms in total. The zero-order valence-electron chi connectivity index (χ0n) is 7.87. The number of benzene rings is 1. The Labute approximate surface area is 91.8 Å². The zero-order chi connectivity index (χ0) is 10.8. The van der Waals surface area contributed by atoms with Gasteiger partial charge in [-0.25, -0.2) is 0 Å². The van der Waals surface area contributed by atoms with E-state index in [1.54, 1.807) is 24.3 Å². The van der Waals surface area contributed by atoms with Gasteiger partial charge in [0.25, 0.3) is 0 Å². The van der Waals surface area contributed by atoms with Crippen LogP contribution in [0.15, 0.2) is 24.3 Å². The molecule has 78 valence electrons. The van der Waals surface area contributed by atoms with Crippen molar-refractivity contribution in [2.24, 2.45) is 0 Å². The van der Waals surface area contributed by atoms with Gasteiger partial charge in [-0.3, -0.25) is 14.5 Å². The average Bonchev–Trinajstić information content (AvgIpc) is 2.35. The number of nitrogens with one attached hydrogen (secondary N) is 1. The fourth-order valence-electron chi connectivity index (χ4n) is 1.54. The van der Waals surface area contributed by atoms with Gasteiger partial charge in [-0.05, 0) is 23.7 Å². The highest BCUT2D eigenvalue weighted by Crippen LogP contribution is 2.29. The van der Waals surface area contributed by atoms with E-state index < -0.39 is 5.37 Å². The molecule has 15 heavy (non-hydrogen) atoms. The summed E-state index contributed by atoms with van der Waals surface area (Å²) in [5, 5.41) is 2.15. The number of anilines is 2. The third-order valence-electron chi connectivity index (χ3n) is 2.24. The van der Waals surface area contributed by atoms with Crippen molar-refractivity contribution in [3.05, 3.63) is 24.3 Å². The lowest BCUT2D eigenvalue weighted by atomic mass is 10.2. The van der Waals surface area contributed by atoms with Gasteiger partial charge in [0, 0.05) is 13.0 Å². The monoisotopic (exact) mass is 224 g/mol. The first-order valence-corrected chi connectivity index (χ1v) is 4.92. The molecule has 0 aliphatic carbocycles. The SMILES string of the molecule is O=C1CCN(C(=O)Cl)c2ccccc2N1. The highest BCUT2D eigenvalue weighted by molar-refractivity contribution is 6.66. The summed E-state index contributed by atoms with van der Waals surface area (Å²) < 4.78 is 0. The van der Waals surface area contributed by atoms with Gasteiger partial charge in [-0.15, -0.1) is 0 Å². The molecule has 0 bridgehead atoms. The first-order valence-electron chi connectivity index (χ1n) is 4.54. The molecule has 0 saturated carbocycles. The molecule has 1 aliphatic heterocycles. The summed E-state index contributed by atoms with van der Waals surface area (Å²) in [7, 11) is 0. The highest BCUT2D eigenvalue weighted by atomic mass is 35.5. The first kappa shape index (κ1) is 9.98. The molecule has 0 aromatic heterocycles. The number of para-hydroxylation sites is 2. The summed E-state index contributed by atoms with van der Waals surface area (Å²) in [4.78, 5) is 23.9. The van der Waals surface area contributed by atoms with Gasteiger partial charge in [-0.2, -0.15) is 0 Å². The Morgan fingerprint density at radius 2 is 2.13 bits per heavy atom. The van der Waals surface area contributed by atoms with E-state index >= 15 is 0 Å². The van der Waals surface area contributed by atoms with Crippen LogP contribution in [0.1, 0.15) is 6.42 Å². The second-order valence-corrected chi connectivity index (χ2v) is 3.54. The maximum Gasteiger partial charge on any atom is 0.320 e. The van der Waals surface area contributed by atoms with Crippen LogP contribution in [-0.2, 0) is 4.79 Å². The van der Waals surface area contributed by atoms with Crippen LogP contribution in [0.4, 0.5) is 16.2 Å². The van der Waals surface area contributed by atoms with Crippen LogP contribution in [0, 0.1) is 0 Å². The Kier molecular flexibility index (Phi) is 2.60. The number of hydrogen-bond acceptors (Lipinski definition) is 2. The largest absolute Gasteiger partial charge is 0.324 e. The van der Waals surface area contributed by atoms with Gasteiger partial charge in [0.15, 0.2) is 0 Å². The van der Waals surface area contributed by atoms with E-state index in [1.165, 1.54) is 4.90 Å². The predicted octanol–water partition coefficient (Wildman–Crippen LogP) is 2.19. The number of carbonyl (C=O) groups excluding carboxylic acids is 2. The molecule has 2 amide bonds. The predicted molar refractivity (Wildman–Crippen MR) is 58.3 cm³/mol. The number of hydrogen-bond donors (Lipinski definition) is 1. The lowest BCUT2D eigenvalue weighted by Crippen LogP contribution is -2.26. The molecular formula is C10H9ClN2O2. The fourth-order valence-corrected chi connectivity index (χ4v) is 1.72. The van der Waals surface area contributed by atoms with Crippen LogP contribution in [0.5, 0.6) is 0 Å². The van der Waals surface area contributed by atoms with Gasteiger partial charge in [0.2, 0.25) is 5.91 Å². The third-order valence-corrected chi connectivity index (χ3v) is 2.45. The van der Waals surface area contributed by atoms with Crippen molar-refractivity contribution in [1.29, 1.82) is 0 Å². The maximum atomic E-state index is 11.3. The van der Waals surface area contributed by atoms with Gasteiger partial charge < -0.3 is 5.32 Å². The Morgan fingerprint density at radius 3 is 2.87 bits per heavy atom. The second kappa shape index (κ2) is 3.90. The number of carbonyl (C=O) groups is 2. The Bertz CT molecular complexity index is 420. The molecule has 1 heterocycles. The molecule has 1 aromatic carbocycles. The van der Waals surface area contributed by atoms with Crippen LogP contribution >= 0.6 is 11.6 Å². The summed E-state index contributed by atoms with van der Waals surface area (Å²) in [6.07, 6.45) is 0.257. The number of halogens is 1. The third kappa shape index (κ3) is 1.94. The van der Waals surface area contributed by atoms with E-state index in [9.17, 15) is 9.59 Å². The molecule has 0 unspecified atom stereocenters. The molecule has 2 rings (SSSR count). The number of rotatable bonds is 0. The molecular weight excluding hydrogens is 216 g/mol. The van der Waals surface area contributed by atoms with Gasteiger partial charge in [-0.1, -0.05) is 12.1 Å².